The van der Waals surface area contributed by atoms with Crippen molar-refractivity contribution in [1.29, 1.82) is 0 Å². The van der Waals surface area contributed by atoms with Crippen molar-refractivity contribution in [2.75, 3.05) is 6.54 Å². The molecule has 2 N–H and O–H groups in total. The lowest BCUT2D eigenvalue weighted by Crippen LogP contribution is -2.37. The summed E-state index contributed by atoms with van der Waals surface area (Å²) < 4.78 is 0. The first-order valence-corrected chi connectivity index (χ1v) is 7.26. The standard InChI is InChI=1S/C13H22N2S/c16-13(15-12-3-4-12)14-6-5-11-8-9-1-2-10(11)7-9/h9-12H,1-8H2,(H2,14,15,16)/t9-,10-,11+/m0/s1. The van der Waals surface area contributed by atoms with E-state index >= 15 is 0 Å². The summed E-state index contributed by atoms with van der Waals surface area (Å²) in [7, 11) is 0. The van der Waals surface area contributed by atoms with Gasteiger partial charge in [0, 0.05) is 12.6 Å². The molecule has 0 heterocycles. The SMILES string of the molecule is S=C(NCC[C@@H]1C[C@H]2CC[C@H]1C2)NC1CC1. The Hall–Kier alpha value is -0.310. The molecule has 2 nitrogen and oxygen atoms in total. The Morgan fingerprint density at radius 1 is 1.12 bits per heavy atom. The summed E-state index contributed by atoms with van der Waals surface area (Å²) in [6.07, 6.45) is 9.96. The van der Waals surface area contributed by atoms with Gasteiger partial charge in [0.1, 0.15) is 0 Å². The van der Waals surface area contributed by atoms with Crippen molar-refractivity contribution in [3.8, 4) is 0 Å². The fraction of sp³-hybridized carbons (Fsp3) is 0.923. The van der Waals surface area contributed by atoms with Gasteiger partial charge in [0.25, 0.3) is 0 Å². The number of fused-ring (bicyclic) bond motifs is 2. The molecule has 0 aromatic carbocycles. The average Bonchev–Trinajstić information content (AvgIpc) is 2.84. The molecular weight excluding hydrogens is 216 g/mol. The normalized spacial score (nSPS) is 36.4. The molecule has 0 saturated heterocycles. The third kappa shape index (κ3) is 2.50. The van der Waals surface area contributed by atoms with Crippen LogP contribution >= 0.6 is 12.2 Å². The molecule has 0 unspecified atom stereocenters. The summed E-state index contributed by atoms with van der Waals surface area (Å²) in [6.45, 7) is 1.08. The van der Waals surface area contributed by atoms with Crippen LogP contribution < -0.4 is 10.6 Å². The molecule has 3 aliphatic rings. The van der Waals surface area contributed by atoms with Gasteiger partial charge in [-0.3, -0.25) is 0 Å². The van der Waals surface area contributed by atoms with Crippen LogP contribution in [0, 0.1) is 17.8 Å². The molecule has 16 heavy (non-hydrogen) atoms. The Labute approximate surface area is 104 Å². The summed E-state index contributed by atoms with van der Waals surface area (Å²) in [5.41, 5.74) is 0. The second-order valence-corrected chi connectivity index (χ2v) is 6.31. The predicted octanol–water partition coefficient (Wildman–Crippen LogP) is 2.44. The highest BCUT2D eigenvalue weighted by atomic mass is 32.1. The zero-order chi connectivity index (χ0) is 11.0. The minimum Gasteiger partial charge on any atom is -0.363 e. The molecule has 0 amide bonds. The minimum atomic E-state index is 0.683. The topological polar surface area (TPSA) is 24.1 Å². The fourth-order valence-corrected chi connectivity index (χ4v) is 3.83. The van der Waals surface area contributed by atoms with Gasteiger partial charge in [-0.05, 0) is 68.5 Å². The van der Waals surface area contributed by atoms with E-state index in [1.165, 1.54) is 44.9 Å². The van der Waals surface area contributed by atoms with Gasteiger partial charge >= 0.3 is 0 Å². The van der Waals surface area contributed by atoms with E-state index in [1.54, 1.807) is 0 Å². The number of nitrogens with one attached hydrogen (secondary N) is 2. The van der Waals surface area contributed by atoms with Crippen LogP contribution in [-0.4, -0.2) is 17.7 Å². The van der Waals surface area contributed by atoms with Crippen molar-refractivity contribution < 1.29 is 0 Å². The molecule has 0 radical (unpaired) electrons. The lowest BCUT2D eigenvalue weighted by Gasteiger charge is -2.21. The molecule has 0 aliphatic heterocycles. The summed E-state index contributed by atoms with van der Waals surface area (Å²) in [4.78, 5) is 0. The zero-order valence-electron chi connectivity index (χ0n) is 9.87. The molecule has 0 aromatic heterocycles. The van der Waals surface area contributed by atoms with E-state index in [9.17, 15) is 0 Å². The maximum atomic E-state index is 5.25. The highest BCUT2D eigenvalue weighted by Crippen LogP contribution is 2.49. The number of rotatable bonds is 4. The highest BCUT2D eigenvalue weighted by molar-refractivity contribution is 7.80. The van der Waals surface area contributed by atoms with Gasteiger partial charge in [-0.1, -0.05) is 6.42 Å². The largest absolute Gasteiger partial charge is 0.363 e. The molecule has 3 saturated carbocycles. The van der Waals surface area contributed by atoms with E-state index in [0.717, 1.165) is 29.4 Å². The molecule has 3 heteroatoms. The van der Waals surface area contributed by atoms with Crippen LogP contribution in [0.4, 0.5) is 0 Å². The van der Waals surface area contributed by atoms with Gasteiger partial charge in [-0.2, -0.15) is 0 Å². The van der Waals surface area contributed by atoms with Crippen molar-refractivity contribution in [1.82, 2.24) is 10.6 Å². The molecule has 0 aromatic rings. The molecule has 2 bridgehead atoms. The van der Waals surface area contributed by atoms with Crippen molar-refractivity contribution in [3.05, 3.63) is 0 Å². The smallest absolute Gasteiger partial charge is 0.166 e. The maximum Gasteiger partial charge on any atom is 0.166 e. The first kappa shape index (κ1) is 10.8. The molecular formula is C13H22N2S. The Morgan fingerprint density at radius 2 is 2.00 bits per heavy atom. The second-order valence-electron chi connectivity index (χ2n) is 5.90. The minimum absolute atomic E-state index is 0.683. The van der Waals surface area contributed by atoms with E-state index in [4.69, 9.17) is 12.2 Å². The number of thiocarbonyl (C=S) groups is 1. The zero-order valence-corrected chi connectivity index (χ0v) is 10.7. The molecule has 3 atom stereocenters. The Kier molecular flexibility index (Phi) is 3.05. The summed E-state index contributed by atoms with van der Waals surface area (Å²) in [6, 6.07) is 0.683. The van der Waals surface area contributed by atoms with Crippen LogP contribution in [0.5, 0.6) is 0 Å². The average molecular weight is 238 g/mol. The van der Waals surface area contributed by atoms with Gasteiger partial charge in [0.2, 0.25) is 0 Å². The van der Waals surface area contributed by atoms with Gasteiger partial charge in [-0.15, -0.1) is 0 Å². The molecule has 90 valence electrons. The third-order valence-corrected chi connectivity index (χ3v) is 4.86. The van der Waals surface area contributed by atoms with Crippen molar-refractivity contribution in [2.24, 2.45) is 17.8 Å². The second kappa shape index (κ2) is 4.52. The number of hydrogen-bond donors (Lipinski definition) is 2. The first-order valence-electron chi connectivity index (χ1n) is 6.85. The Balaban J connectivity index is 1.32. The third-order valence-electron chi connectivity index (χ3n) is 4.60. The lowest BCUT2D eigenvalue weighted by molar-refractivity contribution is 0.315. The Morgan fingerprint density at radius 3 is 2.62 bits per heavy atom. The van der Waals surface area contributed by atoms with Crippen molar-refractivity contribution in [2.45, 2.75) is 51.0 Å². The monoisotopic (exact) mass is 238 g/mol. The van der Waals surface area contributed by atoms with Crippen LogP contribution in [0.2, 0.25) is 0 Å². The van der Waals surface area contributed by atoms with E-state index in [1.807, 2.05) is 0 Å². The van der Waals surface area contributed by atoms with Crippen molar-refractivity contribution in [3.63, 3.8) is 0 Å². The van der Waals surface area contributed by atoms with Gasteiger partial charge in [0.15, 0.2) is 5.11 Å². The van der Waals surface area contributed by atoms with Gasteiger partial charge in [0.05, 0.1) is 0 Å². The fourth-order valence-electron chi connectivity index (χ4n) is 3.57. The predicted molar refractivity (Wildman–Crippen MR) is 70.3 cm³/mol. The molecule has 0 spiro atoms. The van der Waals surface area contributed by atoms with E-state index < -0.39 is 0 Å². The number of hydrogen-bond acceptors (Lipinski definition) is 1. The van der Waals surface area contributed by atoms with Crippen LogP contribution in [0.25, 0.3) is 0 Å². The molecule has 3 fully saturated rings. The summed E-state index contributed by atoms with van der Waals surface area (Å²) >= 11 is 5.25. The van der Waals surface area contributed by atoms with Gasteiger partial charge in [-0.25, -0.2) is 0 Å². The van der Waals surface area contributed by atoms with Crippen molar-refractivity contribution >= 4 is 17.3 Å². The van der Waals surface area contributed by atoms with E-state index in [2.05, 4.69) is 10.6 Å². The Bertz CT molecular complexity index is 275. The van der Waals surface area contributed by atoms with E-state index in [0.29, 0.717) is 6.04 Å². The maximum absolute atomic E-state index is 5.25. The summed E-state index contributed by atoms with van der Waals surface area (Å²) in [5, 5.41) is 7.57. The van der Waals surface area contributed by atoms with Crippen LogP contribution in [-0.2, 0) is 0 Å². The van der Waals surface area contributed by atoms with Crippen LogP contribution in [0.3, 0.4) is 0 Å². The summed E-state index contributed by atoms with van der Waals surface area (Å²) in [5.74, 6) is 3.12. The lowest BCUT2D eigenvalue weighted by atomic mass is 9.86. The van der Waals surface area contributed by atoms with Gasteiger partial charge < -0.3 is 10.6 Å². The van der Waals surface area contributed by atoms with E-state index in [-0.39, 0.29) is 0 Å². The highest BCUT2D eigenvalue weighted by Gasteiger charge is 2.38. The molecule has 3 aliphatic carbocycles. The molecule has 3 rings (SSSR count). The quantitative estimate of drug-likeness (QED) is 0.736. The van der Waals surface area contributed by atoms with Crippen LogP contribution in [0.15, 0.2) is 0 Å². The van der Waals surface area contributed by atoms with Crippen LogP contribution in [0.1, 0.15) is 44.9 Å². The first-order chi connectivity index (χ1) is 7.81.